The Labute approximate surface area is 138 Å². The first kappa shape index (κ1) is 18.9. The first-order valence-electron chi connectivity index (χ1n) is 8.08. The predicted molar refractivity (Wildman–Crippen MR) is 92.2 cm³/mol. The average Bonchev–Trinajstić information content (AvgIpc) is 2.92. The van der Waals surface area contributed by atoms with E-state index in [1.807, 2.05) is 24.3 Å². The maximum Gasteiger partial charge on any atom is 0.310 e. The van der Waals surface area contributed by atoms with Gasteiger partial charge in [0.05, 0.1) is 5.92 Å². The van der Waals surface area contributed by atoms with Crippen molar-refractivity contribution < 1.29 is 14.7 Å². The van der Waals surface area contributed by atoms with Gasteiger partial charge >= 0.3 is 5.97 Å². The normalized spacial score (nSPS) is 15.1. The van der Waals surface area contributed by atoms with E-state index < -0.39 is 11.9 Å². The number of carboxylic acid groups (broad SMARTS) is 1. The first-order valence-corrected chi connectivity index (χ1v) is 8.08. The minimum Gasteiger partial charge on any atom is -0.481 e. The maximum atomic E-state index is 10.8. The fraction of sp³-hybridized carbons (Fsp3) is 0.474. The van der Waals surface area contributed by atoms with Gasteiger partial charge in [-0.25, -0.2) is 0 Å². The molecule has 23 heavy (non-hydrogen) atoms. The predicted octanol–water partition coefficient (Wildman–Crippen LogP) is 3.83. The summed E-state index contributed by atoms with van der Waals surface area (Å²) >= 11 is 0. The highest BCUT2D eigenvalue weighted by Gasteiger charge is 2.16. The van der Waals surface area contributed by atoms with E-state index in [0.717, 1.165) is 24.9 Å². The zero-order chi connectivity index (χ0) is 17.4. The molecule has 126 valence electrons. The largest absolute Gasteiger partial charge is 0.481 e. The van der Waals surface area contributed by atoms with Gasteiger partial charge in [-0.05, 0) is 43.0 Å². The van der Waals surface area contributed by atoms with E-state index in [9.17, 15) is 9.59 Å². The van der Waals surface area contributed by atoms with Gasteiger partial charge in [0.1, 0.15) is 0 Å². The van der Waals surface area contributed by atoms with Crippen LogP contribution >= 0.6 is 0 Å². The summed E-state index contributed by atoms with van der Waals surface area (Å²) in [6, 6.07) is 7.87. The lowest BCUT2D eigenvalue weighted by atomic mass is 9.97. The Bertz CT molecular complexity index is 534. The zero-order valence-corrected chi connectivity index (χ0v) is 14.3. The molecule has 1 aliphatic heterocycles. The van der Waals surface area contributed by atoms with Gasteiger partial charge in [-0.15, -0.1) is 0 Å². The molecule has 0 radical (unpaired) electrons. The van der Waals surface area contributed by atoms with E-state index >= 15 is 0 Å². The summed E-state index contributed by atoms with van der Waals surface area (Å²) in [5, 5.41) is 8.85. The van der Waals surface area contributed by atoms with Gasteiger partial charge in [0.15, 0.2) is 0 Å². The molecule has 1 aromatic carbocycles. The van der Waals surface area contributed by atoms with Gasteiger partial charge in [-0.3, -0.25) is 9.59 Å². The van der Waals surface area contributed by atoms with Crippen molar-refractivity contribution >= 4 is 11.9 Å². The third-order valence-corrected chi connectivity index (χ3v) is 3.82. The lowest BCUT2D eigenvalue weighted by Gasteiger charge is -2.09. The molecule has 0 aliphatic carbocycles. The number of hydrogen-bond acceptors (Lipinski definition) is 2. The Morgan fingerprint density at radius 2 is 1.91 bits per heavy atom. The van der Waals surface area contributed by atoms with Gasteiger partial charge in [-0.2, -0.15) is 0 Å². The summed E-state index contributed by atoms with van der Waals surface area (Å²) in [5.74, 6) is -0.350. The molecule has 1 N–H and O–H groups in total. The second-order valence-corrected chi connectivity index (χ2v) is 6.27. The number of nitrogens with zero attached hydrogens (tertiary/aromatic N) is 1. The van der Waals surface area contributed by atoms with E-state index in [2.05, 4.69) is 20.4 Å². The van der Waals surface area contributed by atoms with Gasteiger partial charge in [-0.1, -0.05) is 44.7 Å². The molecule has 0 bridgehead atoms. The average molecular weight is 317 g/mol. The van der Waals surface area contributed by atoms with Crippen molar-refractivity contribution in [2.24, 2.45) is 5.92 Å². The Hall–Kier alpha value is -2.10. The molecular formula is C19H27NO3. The van der Waals surface area contributed by atoms with Crippen molar-refractivity contribution in [3.8, 4) is 0 Å². The molecule has 1 heterocycles. The van der Waals surface area contributed by atoms with Gasteiger partial charge in [0.2, 0.25) is 5.91 Å². The van der Waals surface area contributed by atoms with Gasteiger partial charge in [0.25, 0.3) is 0 Å². The Morgan fingerprint density at radius 3 is 2.26 bits per heavy atom. The second kappa shape index (κ2) is 9.13. The molecule has 1 amide bonds. The van der Waals surface area contributed by atoms with Crippen LogP contribution in [0.1, 0.15) is 50.7 Å². The van der Waals surface area contributed by atoms with E-state index in [-0.39, 0.29) is 5.91 Å². The number of carbonyl (C=O) groups excluding carboxylic acids is 1. The Morgan fingerprint density at radius 1 is 1.30 bits per heavy atom. The summed E-state index contributed by atoms with van der Waals surface area (Å²) in [5.41, 5.74) is 2.14. The summed E-state index contributed by atoms with van der Waals surface area (Å²) in [7, 11) is 0. The van der Waals surface area contributed by atoms with E-state index in [0.29, 0.717) is 12.3 Å². The van der Waals surface area contributed by atoms with Crippen LogP contribution in [0.4, 0.5) is 0 Å². The Balaban J connectivity index is 0.000000277. The molecule has 1 atom stereocenters. The van der Waals surface area contributed by atoms with Crippen molar-refractivity contribution in [3.63, 3.8) is 0 Å². The monoisotopic (exact) mass is 317 g/mol. The fourth-order valence-electron chi connectivity index (χ4n) is 2.42. The number of carboxylic acids is 1. The van der Waals surface area contributed by atoms with Crippen LogP contribution in [0.5, 0.6) is 0 Å². The van der Waals surface area contributed by atoms with Gasteiger partial charge < -0.3 is 10.0 Å². The summed E-state index contributed by atoms with van der Waals surface area (Å²) in [4.78, 5) is 23.1. The minimum absolute atomic E-state index is 0.208. The van der Waals surface area contributed by atoms with Crippen molar-refractivity contribution in [1.82, 2.24) is 4.90 Å². The molecule has 1 unspecified atom stereocenters. The molecule has 0 aromatic heterocycles. The third kappa shape index (κ3) is 6.27. The number of likely N-dealkylation sites (tertiary alicyclic amines) is 1. The molecule has 4 nitrogen and oxygen atoms in total. The molecule has 2 rings (SSSR count). The second-order valence-electron chi connectivity index (χ2n) is 6.27. The fourth-order valence-corrected chi connectivity index (χ4v) is 2.42. The molecule has 0 spiro atoms. The van der Waals surface area contributed by atoms with Crippen LogP contribution in [0.25, 0.3) is 0 Å². The van der Waals surface area contributed by atoms with Crippen LogP contribution in [-0.2, 0) is 16.0 Å². The quantitative estimate of drug-likeness (QED) is 0.898. The van der Waals surface area contributed by atoms with E-state index in [4.69, 9.17) is 5.11 Å². The standard InChI is InChI=1S/C13H18O2.C6H9NO/c1-9(2)8-11-4-6-12(7-5-11)10(3)13(14)15;1-2-7-5-3-4-6(7)8/h4-7,9-10H,8H2,1-3H3,(H,14,15);2H,1,3-5H2. The molecule has 4 heteroatoms. The Kier molecular flexibility index (Phi) is 7.52. The van der Waals surface area contributed by atoms with Crippen LogP contribution in [0.3, 0.4) is 0 Å². The smallest absolute Gasteiger partial charge is 0.310 e. The first-order chi connectivity index (χ1) is 10.8. The van der Waals surface area contributed by atoms with Crippen molar-refractivity contribution in [2.45, 2.75) is 46.0 Å². The summed E-state index contributed by atoms with van der Waals surface area (Å²) < 4.78 is 0. The van der Waals surface area contributed by atoms with Crippen LogP contribution in [0.15, 0.2) is 37.0 Å². The third-order valence-electron chi connectivity index (χ3n) is 3.82. The molecule has 1 fully saturated rings. The SMILES string of the molecule is C=CN1CCCC1=O.CC(C)Cc1ccc(C(C)C(=O)O)cc1. The highest BCUT2D eigenvalue weighted by atomic mass is 16.4. The number of carbonyl (C=O) groups is 2. The number of benzene rings is 1. The highest BCUT2D eigenvalue weighted by molar-refractivity contribution is 5.79. The lowest BCUT2D eigenvalue weighted by molar-refractivity contribution is -0.138. The molecule has 1 aliphatic rings. The highest BCUT2D eigenvalue weighted by Crippen LogP contribution is 2.17. The maximum absolute atomic E-state index is 10.8. The van der Waals surface area contributed by atoms with Crippen LogP contribution in [0, 0.1) is 5.92 Å². The molecule has 0 saturated carbocycles. The van der Waals surface area contributed by atoms with Crippen molar-refractivity contribution in [2.75, 3.05) is 6.54 Å². The summed E-state index contributed by atoms with van der Waals surface area (Å²) in [6.07, 6.45) is 4.33. The zero-order valence-electron chi connectivity index (χ0n) is 14.3. The van der Waals surface area contributed by atoms with Crippen LogP contribution < -0.4 is 0 Å². The lowest BCUT2D eigenvalue weighted by Crippen LogP contribution is -2.16. The van der Waals surface area contributed by atoms with Crippen LogP contribution in [0.2, 0.25) is 0 Å². The number of amides is 1. The minimum atomic E-state index is -0.772. The van der Waals surface area contributed by atoms with Gasteiger partial charge in [0, 0.05) is 13.0 Å². The summed E-state index contributed by atoms with van der Waals surface area (Å²) in [6.45, 7) is 10.4. The molecule has 1 aromatic rings. The molecule has 1 saturated heterocycles. The van der Waals surface area contributed by atoms with E-state index in [1.54, 1.807) is 18.0 Å². The number of hydrogen-bond donors (Lipinski definition) is 1. The molecular weight excluding hydrogens is 290 g/mol. The van der Waals surface area contributed by atoms with Crippen molar-refractivity contribution in [1.29, 1.82) is 0 Å². The number of aliphatic carboxylic acids is 1. The van der Waals surface area contributed by atoms with Crippen LogP contribution in [-0.4, -0.2) is 28.4 Å². The van der Waals surface area contributed by atoms with Crippen molar-refractivity contribution in [3.05, 3.63) is 48.2 Å². The number of rotatable bonds is 5. The topological polar surface area (TPSA) is 57.6 Å². The van der Waals surface area contributed by atoms with E-state index in [1.165, 1.54) is 5.56 Å².